The molecule has 0 saturated carbocycles. The zero-order valence-electron chi connectivity index (χ0n) is 3.71. The van der Waals surface area contributed by atoms with E-state index in [0.29, 0.717) is 0 Å². The Kier molecular flexibility index (Phi) is 11400. The van der Waals surface area contributed by atoms with Gasteiger partial charge in [0.15, 0.2) is 0 Å². The maximum Gasteiger partial charge on any atom is 3.00 e. The largest absolute Gasteiger partial charge is 3.00 e. The van der Waals surface area contributed by atoms with E-state index in [2.05, 4.69) is 0 Å². The molecule has 0 aliphatic heterocycles. The van der Waals surface area contributed by atoms with Crippen LogP contribution < -0.4 is 12.4 Å². The minimum absolute atomic E-state index is 0. The van der Waals surface area contributed by atoms with Gasteiger partial charge < -0.3 is 45.3 Å². The SMILES string of the molecule is O.O.O.O.O.O.[Cl-].[Tb+3]. The summed E-state index contributed by atoms with van der Waals surface area (Å²) in [5, 5.41) is 0. The van der Waals surface area contributed by atoms with Gasteiger partial charge in [-0.05, 0) is 0 Å². The number of hydrogen-bond acceptors (Lipinski definition) is 0. The molecule has 8 heavy (non-hydrogen) atoms. The number of halogens is 1. The molecule has 0 spiro atoms. The first kappa shape index (κ1) is 364. The second kappa shape index (κ2) is 251. The Bertz CT molecular complexity index is 8.49. The van der Waals surface area contributed by atoms with Crippen molar-refractivity contribution in [2.24, 2.45) is 0 Å². The van der Waals surface area contributed by atoms with Gasteiger partial charge in [-0.3, -0.25) is 0 Å². The Hall–Kier alpha value is 1.34. The summed E-state index contributed by atoms with van der Waals surface area (Å²) in [6.45, 7) is 0. The molecule has 0 amide bonds. The van der Waals surface area contributed by atoms with E-state index in [1.807, 2.05) is 0 Å². The Morgan fingerprint density at radius 1 is 0.375 bits per heavy atom. The van der Waals surface area contributed by atoms with Crippen LogP contribution in [0.3, 0.4) is 0 Å². The number of hydrogen-bond donors (Lipinski definition) is 0. The van der Waals surface area contributed by atoms with Crippen LogP contribution >= 0.6 is 0 Å². The molecule has 0 radical (unpaired) electrons. The molecular formula is H12ClO6Tb+2. The minimum atomic E-state index is 0. The molecule has 0 aromatic heterocycles. The van der Waals surface area contributed by atoms with Gasteiger partial charge in [0, 0.05) is 0 Å². The second-order valence-corrected chi connectivity index (χ2v) is 0. The summed E-state index contributed by atoms with van der Waals surface area (Å²) < 4.78 is 0. The molecule has 0 aromatic rings. The van der Waals surface area contributed by atoms with Crippen molar-refractivity contribution in [2.75, 3.05) is 0 Å². The smallest absolute Gasteiger partial charge is 1.00 e. The Morgan fingerprint density at radius 2 is 0.375 bits per heavy atom. The molecule has 0 heterocycles. The van der Waals surface area contributed by atoms with Crippen molar-refractivity contribution >= 4 is 0 Å². The van der Waals surface area contributed by atoms with Crippen LogP contribution in [0.2, 0.25) is 0 Å². The van der Waals surface area contributed by atoms with Gasteiger partial charge in [-0.2, -0.15) is 0 Å². The maximum absolute atomic E-state index is 0. The van der Waals surface area contributed by atoms with Gasteiger partial charge in [0.05, 0.1) is 0 Å². The standard InChI is InChI=1S/ClH.6H2O.Tb/h1H;6*1H2;/q;;;;;;;+3/p-1. The Labute approximate surface area is 83.3 Å². The molecule has 0 aliphatic rings. The summed E-state index contributed by atoms with van der Waals surface area (Å²) in [5.41, 5.74) is 0. The third-order valence-electron chi connectivity index (χ3n) is 0. The normalized spacial score (nSPS) is 0. The van der Waals surface area contributed by atoms with Crippen LogP contribution in [0.5, 0.6) is 0 Å². The van der Waals surface area contributed by atoms with E-state index in [9.17, 15) is 0 Å². The summed E-state index contributed by atoms with van der Waals surface area (Å²) in [6.07, 6.45) is 0. The molecule has 0 aromatic carbocycles. The first-order chi connectivity index (χ1) is 0. The van der Waals surface area contributed by atoms with Gasteiger partial charge in [0.25, 0.3) is 0 Å². The molecule has 0 unspecified atom stereocenters. The molecule has 6 nitrogen and oxygen atoms in total. The number of rotatable bonds is 0. The van der Waals surface area contributed by atoms with Crippen molar-refractivity contribution in [2.45, 2.75) is 0 Å². The van der Waals surface area contributed by atoms with E-state index in [1.165, 1.54) is 0 Å². The van der Waals surface area contributed by atoms with Gasteiger partial charge in [-0.25, -0.2) is 0 Å². The monoisotopic (exact) mass is 302 g/mol. The topological polar surface area (TPSA) is 189 Å². The summed E-state index contributed by atoms with van der Waals surface area (Å²) in [5.74, 6) is 0. The molecule has 0 fully saturated rings. The zero-order chi connectivity index (χ0) is 0. The van der Waals surface area contributed by atoms with Gasteiger partial charge >= 0.3 is 38.6 Å². The molecule has 0 rings (SSSR count). The zero-order valence-corrected chi connectivity index (χ0v) is 6.61. The molecular weight excluding hydrogens is 290 g/mol. The van der Waals surface area contributed by atoms with Gasteiger partial charge in [-0.15, -0.1) is 0 Å². The van der Waals surface area contributed by atoms with Crippen LogP contribution in [0.15, 0.2) is 0 Å². The van der Waals surface area contributed by atoms with Crippen LogP contribution in [-0.4, -0.2) is 32.9 Å². The van der Waals surface area contributed by atoms with Crippen LogP contribution in [0, 0.1) is 38.6 Å². The molecule has 0 aliphatic carbocycles. The van der Waals surface area contributed by atoms with E-state index in [-0.39, 0.29) is 83.9 Å². The average Bonchev–Trinajstić information content (AvgIpc) is 0. The Balaban J connectivity index is 0. The maximum atomic E-state index is 0. The van der Waals surface area contributed by atoms with Crippen LogP contribution in [-0.2, 0) is 0 Å². The van der Waals surface area contributed by atoms with Crippen LogP contribution in [0.4, 0.5) is 0 Å². The molecule has 12 N–H and O–H groups in total. The van der Waals surface area contributed by atoms with Crippen molar-refractivity contribution in [3.63, 3.8) is 0 Å². The first-order valence-electron chi connectivity index (χ1n) is 0. The summed E-state index contributed by atoms with van der Waals surface area (Å²) in [7, 11) is 0. The molecule has 62 valence electrons. The van der Waals surface area contributed by atoms with Crippen molar-refractivity contribution < 1.29 is 83.9 Å². The molecule has 8 heteroatoms. The quantitative estimate of drug-likeness (QED) is 0.411. The predicted molar refractivity (Wildman–Crippen MR) is 21.7 cm³/mol. The average molecular weight is 302 g/mol. The summed E-state index contributed by atoms with van der Waals surface area (Å²) >= 11 is 0. The molecule has 0 atom stereocenters. The fourth-order valence-corrected chi connectivity index (χ4v) is 0. The van der Waals surface area contributed by atoms with Crippen molar-refractivity contribution in [1.82, 2.24) is 0 Å². The van der Waals surface area contributed by atoms with E-state index >= 15 is 0 Å². The van der Waals surface area contributed by atoms with Crippen LogP contribution in [0.25, 0.3) is 0 Å². The summed E-state index contributed by atoms with van der Waals surface area (Å²) in [4.78, 5) is 0. The predicted octanol–water partition coefficient (Wildman–Crippen LogP) is -7.94. The Morgan fingerprint density at radius 3 is 0.375 bits per heavy atom. The fourth-order valence-electron chi connectivity index (χ4n) is 0. The summed E-state index contributed by atoms with van der Waals surface area (Å²) in [6, 6.07) is 0. The van der Waals surface area contributed by atoms with E-state index in [1.54, 1.807) is 0 Å². The third kappa shape index (κ3) is 165. The van der Waals surface area contributed by atoms with Crippen molar-refractivity contribution in [1.29, 1.82) is 0 Å². The van der Waals surface area contributed by atoms with Crippen molar-refractivity contribution in [3.05, 3.63) is 0 Å². The molecule has 0 saturated heterocycles. The fraction of sp³-hybridized carbons (Fsp3) is 0. The van der Waals surface area contributed by atoms with Gasteiger partial charge in [0.1, 0.15) is 0 Å². The van der Waals surface area contributed by atoms with Crippen LogP contribution in [0.1, 0.15) is 0 Å². The third-order valence-corrected chi connectivity index (χ3v) is 0. The van der Waals surface area contributed by atoms with Gasteiger partial charge in [0.2, 0.25) is 0 Å². The van der Waals surface area contributed by atoms with E-state index < -0.39 is 0 Å². The van der Waals surface area contributed by atoms with Gasteiger partial charge in [-0.1, -0.05) is 0 Å². The van der Waals surface area contributed by atoms with E-state index in [4.69, 9.17) is 0 Å². The van der Waals surface area contributed by atoms with E-state index in [0.717, 1.165) is 0 Å². The van der Waals surface area contributed by atoms with Crippen molar-refractivity contribution in [3.8, 4) is 0 Å². The molecule has 0 bridgehead atoms. The second-order valence-electron chi connectivity index (χ2n) is 0. The first-order valence-corrected chi connectivity index (χ1v) is 0. The minimum Gasteiger partial charge on any atom is -1.00 e.